The Labute approximate surface area is 233 Å². The average molecular weight is 550 g/mol. The van der Waals surface area contributed by atoms with Crippen LogP contribution in [0.2, 0.25) is 5.02 Å². The van der Waals surface area contributed by atoms with Gasteiger partial charge in [0, 0.05) is 35.4 Å². The molecule has 6 rings (SSSR count). The third-order valence-electron chi connectivity index (χ3n) is 8.42. The lowest BCUT2D eigenvalue weighted by Gasteiger charge is -2.23. The second-order valence-electron chi connectivity index (χ2n) is 10.7. The van der Waals surface area contributed by atoms with Crippen molar-refractivity contribution in [1.82, 2.24) is 4.98 Å². The number of hydrogen-bond donors (Lipinski definition) is 1. The fourth-order valence-corrected chi connectivity index (χ4v) is 6.97. The van der Waals surface area contributed by atoms with Crippen molar-refractivity contribution in [3.05, 3.63) is 76.9 Å². The monoisotopic (exact) mass is 549 g/mol. The molecular weight excluding hydrogens is 515 g/mol. The highest BCUT2D eigenvalue weighted by molar-refractivity contribution is 6.31. The number of rotatable bonds is 9. The van der Waals surface area contributed by atoms with E-state index in [0.717, 1.165) is 59.1 Å². The Bertz CT molecular complexity index is 1430. The third kappa shape index (κ3) is 5.37. The van der Waals surface area contributed by atoms with Gasteiger partial charge in [0.2, 0.25) is 0 Å². The maximum Gasteiger partial charge on any atom is 0.195 e. The first-order chi connectivity index (χ1) is 19.0. The Morgan fingerprint density at radius 1 is 0.974 bits per heavy atom. The molecule has 0 amide bonds. The van der Waals surface area contributed by atoms with Crippen LogP contribution in [0.15, 0.2) is 59.0 Å². The number of benzene rings is 3. The predicted octanol–water partition coefficient (Wildman–Crippen LogP) is 6.51. The summed E-state index contributed by atoms with van der Waals surface area (Å²) < 4.78 is 31.9. The minimum absolute atomic E-state index is 0.256. The largest absolute Gasteiger partial charge is 0.493 e. The standard InChI is InChI=1S/C32H34ClFN2O3/c1-3-37-29-15-20(16-30(38-4-2)32(29)21-5-9-24(34)10-6-21)19-36-14-13-25-22(7-12-27(25)36)17-31-35-26-11-8-23(33)18-28(26)39-31/h5-6,8-11,15-16,18,22,25,27H,3-4,7,12-14,17,19H2,1-2H3/p+1/t22?,25-,27+/m0/s1. The highest BCUT2D eigenvalue weighted by atomic mass is 35.5. The van der Waals surface area contributed by atoms with Crippen molar-refractivity contribution < 1.29 is 23.2 Å². The van der Waals surface area contributed by atoms with Gasteiger partial charge in [-0.15, -0.1) is 0 Å². The highest BCUT2D eigenvalue weighted by Crippen LogP contribution is 2.41. The normalized spacial score (nSPS) is 22.4. The van der Waals surface area contributed by atoms with E-state index in [1.165, 1.54) is 37.0 Å². The first-order valence-electron chi connectivity index (χ1n) is 14.1. The van der Waals surface area contributed by atoms with E-state index < -0.39 is 0 Å². The minimum Gasteiger partial charge on any atom is -0.493 e. The van der Waals surface area contributed by atoms with Crippen LogP contribution in [0.5, 0.6) is 11.5 Å². The Kier molecular flexibility index (Phi) is 7.50. The van der Waals surface area contributed by atoms with E-state index >= 15 is 0 Å². The zero-order valence-electron chi connectivity index (χ0n) is 22.5. The van der Waals surface area contributed by atoms with Gasteiger partial charge in [-0.3, -0.25) is 0 Å². The smallest absolute Gasteiger partial charge is 0.195 e. The molecule has 1 aromatic heterocycles. The lowest BCUT2D eigenvalue weighted by atomic mass is 9.90. The van der Waals surface area contributed by atoms with Crippen molar-refractivity contribution in [2.75, 3.05) is 19.8 Å². The van der Waals surface area contributed by atoms with Crippen LogP contribution in [0.1, 0.15) is 44.6 Å². The van der Waals surface area contributed by atoms with Gasteiger partial charge in [0.05, 0.1) is 31.4 Å². The van der Waals surface area contributed by atoms with Crippen LogP contribution < -0.4 is 14.4 Å². The summed E-state index contributed by atoms with van der Waals surface area (Å²) in [5.74, 6) is 3.42. The first kappa shape index (κ1) is 26.1. The van der Waals surface area contributed by atoms with Crippen LogP contribution in [-0.2, 0) is 13.0 Å². The van der Waals surface area contributed by atoms with Crippen molar-refractivity contribution in [1.29, 1.82) is 0 Å². The lowest BCUT2D eigenvalue weighted by molar-refractivity contribution is -0.927. The molecule has 2 heterocycles. The van der Waals surface area contributed by atoms with Gasteiger partial charge < -0.3 is 18.8 Å². The van der Waals surface area contributed by atoms with Crippen LogP contribution in [0.3, 0.4) is 0 Å². The molecule has 0 spiro atoms. The summed E-state index contributed by atoms with van der Waals surface area (Å²) in [5, 5.41) is 0.673. The molecule has 1 N–H and O–H groups in total. The number of hydrogen-bond acceptors (Lipinski definition) is 4. The second kappa shape index (κ2) is 11.2. The molecule has 2 unspecified atom stereocenters. The Morgan fingerprint density at radius 2 is 1.72 bits per heavy atom. The van der Waals surface area contributed by atoms with Crippen molar-refractivity contribution in [2.24, 2.45) is 11.8 Å². The maximum absolute atomic E-state index is 13.6. The van der Waals surface area contributed by atoms with Crippen LogP contribution in [0.25, 0.3) is 22.2 Å². The molecule has 1 saturated heterocycles. The lowest BCUT2D eigenvalue weighted by Crippen LogP contribution is -3.12. The number of aromatic nitrogens is 1. The molecule has 5 nitrogen and oxygen atoms in total. The predicted molar refractivity (Wildman–Crippen MR) is 151 cm³/mol. The summed E-state index contributed by atoms with van der Waals surface area (Å²) in [4.78, 5) is 6.36. The van der Waals surface area contributed by atoms with Crippen molar-refractivity contribution in [2.45, 2.75) is 52.1 Å². The van der Waals surface area contributed by atoms with E-state index in [-0.39, 0.29) is 5.82 Å². The molecule has 0 radical (unpaired) electrons. The quantitative estimate of drug-likeness (QED) is 0.258. The number of likely N-dealkylation sites (tertiary alicyclic amines) is 1. The second-order valence-corrected chi connectivity index (χ2v) is 11.2. The molecule has 0 bridgehead atoms. The van der Waals surface area contributed by atoms with Crippen LogP contribution >= 0.6 is 11.6 Å². The zero-order valence-corrected chi connectivity index (χ0v) is 23.3. The summed E-state index contributed by atoms with van der Waals surface area (Å²) in [5.41, 5.74) is 4.63. The molecule has 3 aromatic carbocycles. The fraction of sp³-hybridized carbons (Fsp3) is 0.406. The number of nitrogens with one attached hydrogen (secondary N) is 1. The van der Waals surface area contributed by atoms with E-state index in [9.17, 15) is 4.39 Å². The molecule has 39 heavy (non-hydrogen) atoms. The van der Waals surface area contributed by atoms with Crippen molar-refractivity contribution >= 4 is 22.7 Å². The van der Waals surface area contributed by atoms with Crippen molar-refractivity contribution in [3.63, 3.8) is 0 Å². The molecule has 1 saturated carbocycles. The number of quaternary nitrogens is 1. The van der Waals surface area contributed by atoms with Crippen molar-refractivity contribution in [3.8, 4) is 22.6 Å². The SMILES string of the molecule is CCOc1cc(C[NH+]2CC[C@H]3C(Cc4nc5ccc(Cl)cc5o4)CC[C@H]32)cc(OCC)c1-c1ccc(F)cc1. The Hall–Kier alpha value is -3.09. The summed E-state index contributed by atoms with van der Waals surface area (Å²) in [6.07, 6.45) is 4.54. The van der Waals surface area contributed by atoms with Gasteiger partial charge in [-0.1, -0.05) is 23.7 Å². The van der Waals surface area contributed by atoms with Crippen LogP contribution in [0.4, 0.5) is 4.39 Å². The van der Waals surface area contributed by atoms with Crippen LogP contribution in [-0.4, -0.2) is 30.8 Å². The molecule has 7 heteroatoms. The van der Waals surface area contributed by atoms with E-state index in [2.05, 4.69) is 12.1 Å². The number of nitrogens with zero attached hydrogens (tertiary/aromatic N) is 1. The van der Waals surface area contributed by atoms with Gasteiger partial charge >= 0.3 is 0 Å². The topological polar surface area (TPSA) is 48.9 Å². The molecule has 4 aromatic rings. The molecular formula is C32H35ClFN2O3+. The molecule has 1 aliphatic heterocycles. The molecule has 4 atom stereocenters. The third-order valence-corrected chi connectivity index (χ3v) is 8.65. The Morgan fingerprint density at radius 3 is 2.44 bits per heavy atom. The summed E-state index contributed by atoms with van der Waals surface area (Å²) >= 11 is 6.13. The van der Waals surface area contributed by atoms with Gasteiger partial charge in [-0.2, -0.15) is 0 Å². The van der Waals surface area contributed by atoms with Crippen LogP contribution in [0, 0.1) is 17.7 Å². The number of halogens is 2. The fourth-order valence-electron chi connectivity index (χ4n) is 6.81. The Balaban J connectivity index is 1.20. The van der Waals surface area contributed by atoms with E-state index in [0.29, 0.717) is 36.1 Å². The number of oxazole rings is 1. The van der Waals surface area contributed by atoms with E-state index in [1.807, 2.05) is 32.0 Å². The summed E-state index contributed by atoms with van der Waals surface area (Å²) in [6.45, 7) is 7.16. The van der Waals surface area contributed by atoms with E-state index in [4.69, 9.17) is 30.5 Å². The molecule has 204 valence electrons. The van der Waals surface area contributed by atoms with Gasteiger partial charge in [0.1, 0.15) is 29.4 Å². The number of ether oxygens (including phenoxy) is 2. The summed E-state index contributed by atoms with van der Waals surface area (Å²) in [7, 11) is 0. The minimum atomic E-state index is -0.256. The van der Waals surface area contributed by atoms with Gasteiger partial charge in [0.15, 0.2) is 11.5 Å². The number of fused-ring (bicyclic) bond motifs is 2. The average Bonchev–Trinajstić information content (AvgIpc) is 3.62. The zero-order chi connectivity index (χ0) is 26.9. The highest BCUT2D eigenvalue weighted by Gasteiger charge is 2.47. The molecule has 2 fully saturated rings. The van der Waals surface area contributed by atoms with E-state index in [1.54, 1.807) is 17.0 Å². The van der Waals surface area contributed by atoms with Gasteiger partial charge in [-0.05, 0) is 74.6 Å². The first-order valence-corrected chi connectivity index (χ1v) is 14.5. The van der Waals surface area contributed by atoms with Gasteiger partial charge in [-0.25, -0.2) is 9.37 Å². The summed E-state index contributed by atoms with van der Waals surface area (Å²) in [6, 6.07) is 17.1. The molecule has 2 aliphatic rings. The molecule has 1 aliphatic carbocycles. The maximum atomic E-state index is 13.6. The van der Waals surface area contributed by atoms with Gasteiger partial charge in [0.25, 0.3) is 0 Å².